The number of hydrogen-bond acceptors (Lipinski definition) is 3. The van der Waals surface area contributed by atoms with E-state index in [1.54, 1.807) is 0 Å². The predicted molar refractivity (Wildman–Crippen MR) is 41.1 cm³/mol. The van der Waals surface area contributed by atoms with E-state index in [-0.39, 0.29) is 11.9 Å². The molecule has 0 spiro atoms. The molecule has 3 heteroatoms. The van der Waals surface area contributed by atoms with Crippen LogP contribution >= 0.6 is 0 Å². The molecule has 0 saturated heterocycles. The summed E-state index contributed by atoms with van der Waals surface area (Å²) in [7, 11) is 1.35. The molecule has 0 heterocycles. The molecule has 0 aromatic carbocycles. The van der Waals surface area contributed by atoms with E-state index in [0.29, 0.717) is 12.8 Å². The molecular formula is C8H14O3. The van der Waals surface area contributed by atoms with Crippen LogP contribution in [0, 0.1) is 5.92 Å². The van der Waals surface area contributed by atoms with Gasteiger partial charge in [-0.1, -0.05) is 6.92 Å². The number of ether oxygens (including phenoxy) is 1. The Balaban J connectivity index is 3.50. The summed E-state index contributed by atoms with van der Waals surface area (Å²) >= 11 is 0. The first-order valence-corrected chi connectivity index (χ1v) is 3.76. The van der Waals surface area contributed by atoms with E-state index in [9.17, 15) is 9.59 Å². The minimum absolute atomic E-state index is 0.00843. The summed E-state index contributed by atoms with van der Waals surface area (Å²) in [5.74, 6) is -0.237. The van der Waals surface area contributed by atoms with Crippen molar-refractivity contribution in [3.8, 4) is 0 Å². The number of esters is 1. The van der Waals surface area contributed by atoms with Crippen LogP contribution in [-0.4, -0.2) is 19.4 Å². The summed E-state index contributed by atoms with van der Waals surface area (Å²) in [5, 5.41) is 0. The molecule has 0 fully saturated rings. The molecule has 0 radical (unpaired) electrons. The van der Waals surface area contributed by atoms with Crippen LogP contribution in [0.25, 0.3) is 0 Å². The molecule has 0 saturated carbocycles. The van der Waals surface area contributed by atoms with E-state index in [4.69, 9.17) is 0 Å². The van der Waals surface area contributed by atoms with Crippen molar-refractivity contribution in [3.05, 3.63) is 0 Å². The number of rotatable bonds is 5. The number of aldehydes is 1. The molecule has 64 valence electrons. The Bertz CT molecular complexity index is 131. The maximum atomic E-state index is 10.6. The summed E-state index contributed by atoms with van der Waals surface area (Å²) in [5.41, 5.74) is 0. The van der Waals surface area contributed by atoms with Crippen molar-refractivity contribution in [3.63, 3.8) is 0 Å². The van der Waals surface area contributed by atoms with Crippen molar-refractivity contribution in [2.45, 2.75) is 26.2 Å². The molecule has 3 nitrogen and oxygen atoms in total. The second-order valence-electron chi connectivity index (χ2n) is 2.42. The van der Waals surface area contributed by atoms with E-state index >= 15 is 0 Å². The highest BCUT2D eigenvalue weighted by atomic mass is 16.5. The molecule has 0 aliphatic heterocycles. The lowest BCUT2D eigenvalue weighted by Gasteiger charge is -2.04. The van der Waals surface area contributed by atoms with Gasteiger partial charge < -0.3 is 9.53 Å². The lowest BCUT2D eigenvalue weighted by Crippen LogP contribution is -2.06. The quantitative estimate of drug-likeness (QED) is 0.445. The van der Waals surface area contributed by atoms with E-state index in [1.807, 2.05) is 6.92 Å². The first-order chi connectivity index (χ1) is 5.24. The van der Waals surface area contributed by atoms with Gasteiger partial charge in [0.1, 0.15) is 6.29 Å². The van der Waals surface area contributed by atoms with Gasteiger partial charge in [-0.25, -0.2) is 0 Å². The van der Waals surface area contributed by atoms with Gasteiger partial charge in [0.25, 0.3) is 0 Å². The molecule has 0 bridgehead atoms. The summed E-state index contributed by atoms with van der Waals surface area (Å²) < 4.78 is 4.43. The van der Waals surface area contributed by atoms with Gasteiger partial charge in [-0.15, -0.1) is 0 Å². The molecule has 1 unspecified atom stereocenters. The third-order valence-corrected chi connectivity index (χ3v) is 1.66. The lowest BCUT2D eigenvalue weighted by atomic mass is 10.0. The van der Waals surface area contributed by atoms with Gasteiger partial charge in [0.05, 0.1) is 7.11 Å². The van der Waals surface area contributed by atoms with Crippen LogP contribution < -0.4 is 0 Å². The smallest absolute Gasteiger partial charge is 0.305 e. The van der Waals surface area contributed by atoms with Crippen LogP contribution in [0.5, 0.6) is 0 Å². The van der Waals surface area contributed by atoms with Gasteiger partial charge in [-0.05, 0) is 12.8 Å². The molecule has 0 aromatic heterocycles. The van der Waals surface area contributed by atoms with E-state index in [1.165, 1.54) is 7.11 Å². The number of methoxy groups -OCH3 is 1. The first kappa shape index (κ1) is 10.1. The summed E-state index contributed by atoms with van der Waals surface area (Å²) in [4.78, 5) is 20.9. The van der Waals surface area contributed by atoms with Crippen molar-refractivity contribution < 1.29 is 14.3 Å². The molecule has 0 N–H and O–H groups in total. The fraction of sp³-hybridized carbons (Fsp3) is 0.750. The van der Waals surface area contributed by atoms with E-state index < -0.39 is 0 Å². The Labute approximate surface area is 66.7 Å². The highest BCUT2D eigenvalue weighted by molar-refractivity contribution is 5.69. The maximum Gasteiger partial charge on any atom is 0.305 e. The molecule has 11 heavy (non-hydrogen) atoms. The standard InChI is InChI=1S/C8H14O3/c1-3-7(6-9)4-5-8(10)11-2/h6-7H,3-5H2,1-2H3. The number of carbonyl (C=O) groups excluding carboxylic acids is 2. The highest BCUT2D eigenvalue weighted by Crippen LogP contribution is 2.07. The Morgan fingerprint density at radius 1 is 1.64 bits per heavy atom. The zero-order valence-electron chi connectivity index (χ0n) is 7.00. The van der Waals surface area contributed by atoms with Crippen molar-refractivity contribution in [1.82, 2.24) is 0 Å². The van der Waals surface area contributed by atoms with E-state index in [0.717, 1.165) is 12.7 Å². The van der Waals surface area contributed by atoms with Gasteiger partial charge in [-0.2, -0.15) is 0 Å². The van der Waals surface area contributed by atoms with Crippen molar-refractivity contribution in [2.24, 2.45) is 5.92 Å². The fourth-order valence-corrected chi connectivity index (χ4v) is 0.774. The molecule has 1 atom stereocenters. The van der Waals surface area contributed by atoms with Crippen LogP contribution in [0.2, 0.25) is 0 Å². The average molecular weight is 158 g/mol. The Morgan fingerprint density at radius 2 is 2.27 bits per heavy atom. The van der Waals surface area contributed by atoms with Crippen LogP contribution in [0.15, 0.2) is 0 Å². The van der Waals surface area contributed by atoms with E-state index in [2.05, 4.69) is 4.74 Å². The third-order valence-electron chi connectivity index (χ3n) is 1.66. The number of carbonyl (C=O) groups is 2. The monoisotopic (exact) mass is 158 g/mol. The van der Waals surface area contributed by atoms with Crippen molar-refractivity contribution in [1.29, 1.82) is 0 Å². The fourth-order valence-electron chi connectivity index (χ4n) is 0.774. The Morgan fingerprint density at radius 3 is 2.64 bits per heavy atom. The molecule has 0 aliphatic rings. The second-order valence-corrected chi connectivity index (χ2v) is 2.42. The summed E-state index contributed by atoms with van der Waals surface area (Å²) in [6, 6.07) is 0. The minimum Gasteiger partial charge on any atom is -0.469 e. The van der Waals surface area contributed by atoms with Crippen molar-refractivity contribution in [2.75, 3.05) is 7.11 Å². The van der Waals surface area contributed by atoms with Crippen molar-refractivity contribution >= 4 is 12.3 Å². The normalized spacial score (nSPS) is 12.2. The molecule has 0 amide bonds. The topological polar surface area (TPSA) is 43.4 Å². The van der Waals surface area contributed by atoms with Gasteiger partial charge in [0.15, 0.2) is 0 Å². The SMILES string of the molecule is CCC(C=O)CCC(=O)OC. The highest BCUT2D eigenvalue weighted by Gasteiger charge is 2.07. The summed E-state index contributed by atoms with van der Waals surface area (Å²) in [6.45, 7) is 1.93. The average Bonchev–Trinajstić information content (AvgIpc) is 2.06. The van der Waals surface area contributed by atoms with Gasteiger partial charge in [0.2, 0.25) is 0 Å². The third kappa shape index (κ3) is 4.53. The minimum atomic E-state index is -0.245. The maximum absolute atomic E-state index is 10.6. The largest absolute Gasteiger partial charge is 0.469 e. The molecular weight excluding hydrogens is 144 g/mol. The first-order valence-electron chi connectivity index (χ1n) is 3.76. The number of hydrogen-bond donors (Lipinski definition) is 0. The zero-order valence-corrected chi connectivity index (χ0v) is 7.00. The van der Waals surface area contributed by atoms with Crippen LogP contribution in [0.3, 0.4) is 0 Å². The molecule has 0 aromatic rings. The van der Waals surface area contributed by atoms with Gasteiger partial charge >= 0.3 is 5.97 Å². The van der Waals surface area contributed by atoms with Crippen LogP contribution in [-0.2, 0) is 14.3 Å². The predicted octanol–water partition coefficient (Wildman–Crippen LogP) is 1.16. The Kier molecular flexibility index (Phi) is 5.43. The summed E-state index contributed by atoms with van der Waals surface area (Å²) in [6.07, 6.45) is 2.63. The van der Waals surface area contributed by atoms with Crippen LogP contribution in [0.4, 0.5) is 0 Å². The van der Waals surface area contributed by atoms with Crippen LogP contribution in [0.1, 0.15) is 26.2 Å². The zero-order chi connectivity index (χ0) is 8.69. The second kappa shape index (κ2) is 5.89. The Hall–Kier alpha value is -0.860. The van der Waals surface area contributed by atoms with Gasteiger partial charge in [0, 0.05) is 12.3 Å². The molecule has 0 aliphatic carbocycles. The van der Waals surface area contributed by atoms with Gasteiger partial charge in [-0.3, -0.25) is 4.79 Å². The lowest BCUT2D eigenvalue weighted by molar-refractivity contribution is -0.140. The molecule has 0 rings (SSSR count).